The lowest BCUT2D eigenvalue weighted by Crippen LogP contribution is -2.18. The summed E-state index contributed by atoms with van der Waals surface area (Å²) in [6, 6.07) is 7.66. The van der Waals surface area contributed by atoms with Gasteiger partial charge in [-0.15, -0.1) is 0 Å². The first-order valence-electron chi connectivity index (χ1n) is 7.43. The first kappa shape index (κ1) is 14.1. The molecule has 3 aromatic rings. The zero-order valence-corrected chi connectivity index (χ0v) is 13.1. The highest BCUT2D eigenvalue weighted by Crippen LogP contribution is 2.29. The fraction of sp³-hybridized carbons (Fsp3) is 0.250. The number of imidazole rings is 1. The number of aromatic nitrogens is 3. The molecule has 0 saturated carbocycles. The van der Waals surface area contributed by atoms with Gasteiger partial charge in [0.15, 0.2) is 10.9 Å². The number of aryl methyl sites for hydroxylation is 1. The molecule has 0 fully saturated rings. The molecule has 6 nitrogen and oxygen atoms in total. The lowest BCUT2D eigenvalue weighted by Gasteiger charge is -2.05. The number of nitrogens with one attached hydrogen (secondary N) is 1. The number of ketones is 1. The van der Waals surface area contributed by atoms with E-state index in [0.717, 1.165) is 29.6 Å². The van der Waals surface area contributed by atoms with E-state index in [1.165, 1.54) is 11.3 Å². The van der Waals surface area contributed by atoms with Gasteiger partial charge in [-0.3, -0.25) is 9.59 Å². The van der Waals surface area contributed by atoms with Crippen molar-refractivity contribution in [3.05, 3.63) is 41.2 Å². The second kappa shape index (κ2) is 5.58. The summed E-state index contributed by atoms with van der Waals surface area (Å²) in [5, 5.41) is 3.29. The van der Waals surface area contributed by atoms with Crippen LogP contribution in [0.15, 0.2) is 30.6 Å². The highest BCUT2D eigenvalue weighted by molar-refractivity contribution is 7.17. The first-order valence-corrected chi connectivity index (χ1v) is 8.25. The molecule has 0 bridgehead atoms. The van der Waals surface area contributed by atoms with Crippen LogP contribution in [-0.2, 0) is 17.8 Å². The van der Waals surface area contributed by atoms with E-state index in [4.69, 9.17) is 0 Å². The minimum atomic E-state index is -0.174. The van der Waals surface area contributed by atoms with Gasteiger partial charge in [0.2, 0.25) is 5.91 Å². The molecule has 1 N–H and O–H groups in total. The lowest BCUT2D eigenvalue weighted by atomic mass is 10.0. The summed E-state index contributed by atoms with van der Waals surface area (Å²) in [7, 11) is 0. The van der Waals surface area contributed by atoms with Gasteiger partial charge >= 0.3 is 0 Å². The Hall–Kier alpha value is -2.54. The summed E-state index contributed by atoms with van der Waals surface area (Å²) in [5.74, 6) is -0.0449. The number of hydrogen-bond acceptors (Lipinski definition) is 5. The van der Waals surface area contributed by atoms with Gasteiger partial charge < -0.3 is 9.88 Å². The van der Waals surface area contributed by atoms with E-state index >= 15 is 0 Å². The third-order valence-electron chi connectivity index (χ3n) is 3.86. The van der Waals surface area contributed by atoms with Gasteiger partial charge in [0.1, 0.15) is 6.54 Å². The number of amides is 1. The molecule has 4 rings (SSSR count). The van der Waals surface area contributed by atoms with Gasteiger partial charge in [0.25, 0.3) is 0 Å². The molecule has 0 saturated heterocycles. The Morgan fingerprint density at radius 2 is 2.17 bits per heavy atom. The highest BCUT2D eigenvalue weighted by atomic mass is 32.1. The molecule has 0 unspecified atom stereocenters. The van der Waals surface area contributed by atoms with Crippen molar-refractivity contribution in [2.45, 2.75) is 25.8 Å². The van der Waals surface area contributed by atoms with E-state index in [0.29, 0.717) is 16.4 Å². The number of anilines is 1. The van der Waals surface area contributed by atoms with Crippen molar-refractivity contribution in [3.63, 3.8) is 0 Å². The van der Waals surface area contributed by atoms with Crippen LogP contribution in [0.4, 0.5) is 5.13 Å². The predicted molar refractivity (Wildman–Crippen MR) is 87.7 cm³/mol. The number of carbonyl (C=O) groups is 2. The van der Waals surface area contributed by atoms with Gasteiger partial charge in [-0.05, 0) is 25.0 Å². The number of para-hydroxylation sites is 2. The molecule has 1 aromatic carbocycles. The van der Waals surface area contributed by atoms with E-state index < -0.39 is 0 Å². The number of Topliss-reactive ketones (excluding diaryl/α,β-unsaturated/α-hetero) is 1. The predicted octanol–water partition coefficient (Wildman–Crippen LogP) is 2.65. The molecule has 0 aliphatic heterocycles. The number of nitrogens with zero attached hydrogens (tertiary/aromatic N) is 3. The minimum absolute atomic E-state index is 0.129. The fourth-order valence-electron chi connectivity index (χ4n) is 2.77. The maximum Gasteiger partial charge on any atom is 0.246 e. The van der Waals surface area contributed by atoms with Crippen molar-refractivity contribution in [1.82, 2.24) is 14.5 Å². The van der Waals surface area contributed by atoms with E-state index in [-0.39, 0.29) is 18.2 Å². The molecule has 1 amide bonds. The van der Waals surface area contributed by atoms with Crippen molar-refractivity contribution in [2.75, 3.05) is 5.32 Å². The lowest BCUT2D eigenvalue weighted by molar-refractivity contribution is -0.116. The van der Waals surface area contributed by atoms with E-state index in [1.807, 2.05) is 24.3 Å². The zero-order chi connectivity index (χ0) is 15.8. The van der Waals surface area contributed by atoms with Crippen molar-refractivity contribution in [2.24, 2.45) is 0 Å². The molecular weight excluding hydrogens is 312 g/mol. The Kier molecular flexibility index (Phi) is 3.42. The Morgan fingerprint density at radius 1 is 1.30 bits per heavy atom. The largest absolute Gasteiger partial charge is 0.321 e. The average molecular weight is 326 g/mol. The molecule has 7 heteroatoms. The van der Waals surface area contributed by atoms with Crippen molar-refractivity contribution in [1.29, 1.82) is 0 Å². The van der Waals surface area contributed by atoms with Gasteiger partial charge in [0.05, 0.1) is 27.9 Å². The first-order chi connectivity index (χ1) is 11.2. The smallest absolute Gasteiger partial charge is 0.246 e. The second-order valence-corrected chi connectivity index (χ2v) is 6.48. The van der Waals surface area contributed by atoms with Crippen LogP contribution in [0.2, 0.25) is 0 Å². The van der Waals surface area contributed by atoms with E-state index in [1.54, 1.807) is 10.9 Å². The summed E-state index contributed by atoms with van der Waals surface area (Å²) in [4.78, 5) is 33.4. The van der Waals surface area contributed by atoms with Gasteiger partial charge in [-0.25, -0.2) is 9.97 Å². The number of benzene rings is 1. The topological polar surface area (TPSA) is 76.9 Å². The maximum atomic E-state index is 12.2. The molecule has 23 heavy (non-hydrogen) atoms. The third-order valence-corrected chi connectivity index (χ3v) is 4.91. The molecular formula is C16H14N4O2S. The van der Waals surface area contributed by atoms with Crippen LogP contribution in [0.3, 0.4) is 0 Å². The van der Waals surface area contributed by atoms with Crippen molar-refractivity contribution >= 4 is 39.2 Å². The number of carbonyl (C=O) groups excluding carboxylic acids is 2. The second-order valence-electron chi connectivity index (χ2n) is 5.48. The maximum absolute atomic E-state index is 12.2. The number of thiazole rings is 1. The Morgan fingerprint density at radius 3 is 3.04 bits per heavy atom. The molecule has 116 valence electrons. The SMILES string of the molecule is O=C(Cn1cnc2ccccc21)Nc1nc2c(s1)C(=O)CCC2. The van der Waals surface area contributed by atoms with Crippen LogP contribution in [0.25, 0.3) is 11.0 Å². The minimum Gasteiger partial charge on any atom is -0.321 e. The van der Waals surface area contributed by atoms with Crippen LogP contribution in [0, 0.1) is 0 Å². The van der Waals surface area contributed by atoms with Crippen LogP contribution < -0.4 is 5.32 Å². The molecule has 1 aliphatic rings. The molecule has 1 aliphatic carbocycles. The molecule has 2 heterocycles. The Labute approximate surface area is 136 Å². The fourth-order valence-corrected chi connectivity index (χ4v) is 3.77. The number of hydrogen-bond donors (Lipinski definition) is 1. The zero-order valence-electron chi connectivity index (χ0n) is 12.3. The molecule has 2 aromatic heterocycles. The normalized spacial score (nSPS) is 14.0. The van der Waals surface area contributed by atoms with Crippen LogP contribution in [0.1, 0.15) is 28.2 Å². The average Bonchev–Trinajstić information content (AvgIpc) is 3.12. The van der Waals surface area contributed by atoms with Crippen molar-refractivity contribution in [3.8, 4) is 0 Å². The van der Waals surface area contributed by atoms with E-state index in [2.05, 4.69) is 15.3 Å². The summed E-state index contributed by atoms with van der Waals surface area (Å²) in [6.45, 7) is 0.165. The quantitative estimate of drug-likeness (QED) is 0.803. The van der Waals surface area contributed by atoms with Crippen LogP contribution >= 0.6 is 11.3 Å². The van der Waals surface area contributed by atoms with Gasteiger partial charge in [0, 0.05) is 6.42 Å². The standard InChI is InChI=1S/C16H14N4O2S/c21-13-7-3-5-11-15(13)23-16(18-11)19-14(22)8-20-9-17-10-4-1-2-6-12(10)20/h1-2,4,6,9H,3,5,7-8H2,(H,18,19,22). The van der Waals surface area contributed by atoms with E-state index in [9.17, 15) is 9.59 Å². The summed E-state index contributed by atoms with van der Waals surface area (Å²) in [5.41, 5.74) is 2.58. The monoisotopic (exact) mass is 326 g/mol. The molecule has 0 spiro atoms. The number of fused-ring (bicyclic) bond motifs is 2. The number of rotatable bonds is 3. The Bertz CT molecular complexity index is 912. The van der Waals surface area contributed by atoms with Crippen molar-refractivity contribution < 1.29 is 9.59 Å². The van der Waals surface area contributed by atoms with Gasteiger partial charge in [-0.1, -0.05) is 23.5 Å². The Balaban J connectivity index is 1.51. The molecule has 0 radical (unpaired) electrons. The summed E-state index contributed by atoms with van der Waals surface area (Å²) >= 11 is 1.27. The summed E-state index contributed by atoms with van der Waals surface area (Å²) in [6.07, 6.45) is 3.87. The summed E-state index contributed by atoms with van der Waals surface area (Å²) < 4.78 is 1.79. The molecule has 0 atom stereocenters. The third kappa shape index (κ3) is 2.63. The van der Waals surface area contributed by atoms with Gasteiger partial charge in [-0.2, -0.15) is 0 Å². The van der Waals surface area contributed by atoms with Crippen LogP contribution in [-0.4, -0.2) is 26.2 Å². The van der Waals surface area contributed by atoms with Crippen LogP contribution in [0.5, 0.6) is 0 Å². The highest BCUT2D eigenvalue weighted by Gasteiger charge is 2.22.